The summed E-state index contributed by atoms with van der Waals surface area (Å²) in [5.41, 5.74) is 3.62. The smallest absolute Gasteiger partial charge is 0.317 e. The van der Waals surface area contributed by atoms with Gasteiger partial charge in [0.15, 0.2) is 0 Å². The number of hydrogen-bond donors (Lipinski definition) is 1. The van der Waals surface area contributed by atoms with E-state index in [1.165, 1.54) is 0 Å². The molecule has 0 amide bonds. The Bertz CT molecular complexity index is 1100. The number of fused-ring (bicyclic) bond motifs is 2. The average Bonchev–Trinajstić information content (AvgIpc) is 2.99. The van der Waals surface area contributed by atoms with Crippen LogP contribution in [0.2, 0.25) is 5.28 Å². The normalized spacial score (nSPS) is 10.9. The molecule has 2 heterocycles. The van der Waals surface area contributed by atoms with Gasteiger partial charge in [0.1, 0.15) is 0 Å². The Kier molecular flexibility index (Phi) is 4.85. The van der Waals surface area contributed by atoms with Crippen LogP contribution in [0.1, 0.15) is 0 Å². The summed E-state index contributed by atoms with van der Waals surface area (Å²) in [4.78, 5) is 18.1. The lowest BCUT2D eigenvalue weighted by atomic mass is 10.3. The van der Waals surface area contributed by atoms with Gasteiger partial charge in [0.05, 0.1) is 22.1 Å². The van der Waals surface area contributed by atoms with Crippen molar-refractivity contribution in [1.29, 1.82) is 0 Å². The number of aryl methyl sites for hydroxylation is 2. The highest BCUT2D eigenvalue weighted by molar-refractivity contribution is 9.11. The second kappa shape index (κ2) is 6.74. The molecule has 1 N–H and O–H groups in total. The number of aromatic nitrogens is 4. The minimum absolute atomic E-state index is 0.0862. The molecule has 0 aliphatic carbocycles. The number of benzene rings is 2. The first-order chi connectivity index (χ1) is 11.4. The summed E-state index contributed by atoms with van der Waals surface area (Å²) < 4.78 is 5.38. The molecule has 2 aromatic heterocycles. The van der Waals surface area contributed by atoms with Gasteiger partial charge in [-0.2, -0.15) is 0 Å². The Labute approximate surface area is 159 Å². The second-order valence-corrected chi connectivity index (χ2v) is 7.22. The van der Waals surface area contributed by atoms with Crippen LogP contribution in [0.4, 0.5) is 0 Å². The molecule has 8 heteroatoms. The summed E-state index contributed by atoms with van der Waals surface area (Å²) in [7, 11) is 3.63. The van der Waals surface area contributed by atoms with Crippen LogP contribution in [-0.2, 0) is 14.1 Å². The highest BCUT2D eigenvalue weighted by Crippen LogP contribution is 2.25. The molecule has 0 radical (unpaired) electrons. The summed E-state index contributed by atoms with van der Waals surface area (Å²) >= 11 is 12.7. The average molecular weight is 473 g/mol. The molecule has 0 spiro atoms. The second-order valence-electron chi connectivity index (χ2n) is 5.17. The Morgan fingerprint density at radius 3 is 2.25 bits per heavy atom. The van der Waals surface area contributed by atoms with E-state index < -0.39 is 0 Å². The highest BCUT2D eigenvalue weighted by Gasteiger charge is 2.07. The van der Waals surface area contributed by atoms with Crippen molar-refractivity contribution in [1.82, 2.24) is 19.1 Å². The van der Waals surface area contributed by atoms with Gasteiger partial charge >= 0.3 is 5.69 Å². The predicted molar refractivity (Wildman–Crippen MR) is 105 cm³/mol. The lowest BCUT2D eigenvalue weighted by molar-refractivity contribution is 0.890. The molecule has 0 aliphatic rings. The van der Waals surface area contributed by atoms with E-state index in [9.17, 15) is 4.79 Å². The standard InChI is InChI=1S/C8H6BrClN2.C8H7BrN2O/c1-12-7-5(9)3-2-4-6(7)11-8(12)10;1-11-7-5(9)3-2-4-6(7)10-8(11)12/h2-4H,1H3;2-4H,1H3,(H,10,12). The van der Waals surface area contributed by atoms with Crippen molar-refractivity contribution < 1.29 is 0 Å². The molecular formula is C16H13Br2ClN4O. The zero-order chi connectivity index (χ0) is 17.4. The molecule has 0 atom stereocenters. The molecule has 24 heavy (non-hydrogen) atoms. The van der Waals surface area contributed by atoms with E-state index in [4.69, 9.17) is 11.6 Å². The third-order valence-electron chi connectivity index (χ3n) is 3.66. The maximum absolute atomic E-state index is 11.2. The largest absolute Gasteiger partial charge is 0.326 e. The third kappa shape index (κ3) is 3.03. The Morgan fingerprint density at radius 2 is 1.62 bits per heavy atom. The molecular weight excluding hydrogens is 459 g/mol. The molecule has 0 aliphatic heterocycles. The summed E-state index contributed by atoms with van der Waals surface area (Å²) in [6, 6.07) is 11.5. The maximum atomic E-state index is 11.2. The van der Waals surface area contributed by atoms with E-state index >= 15 is 0 Å². The van der Waals surface area contributed by atoms with E-state index in [0.29, 0.717) is 5.28 Å². The molecule has 5 nitrogen and oxygen atoms in total. The number of para-hydroxylation sites is 2. The number of nitrogens with zero attached hydrogens (tertiary/aromatic N) is 3. The zero-order valence-electron chi connectivity index (χ0n) is 12.8. The number of hydrogen-bond acceptors (Lipinski definition) is 2. The summed E-state index contributed by atoms with van der Waals surface area (Å²) in [5.74, 6) is 0. The monoisotopic (exact) mass is 470 g/mol. The summed E-state index contributed by atoms with van der Waals surface area (Å²) in [6.45, 7) is 0. The minimum atomic E-state index is -0.0862. The van der Waals surface area contributed by atoms with Gasteiger partial charge in [-0.15, -0.1) is 0 Å². The van der Waals surface area contributed by atoms with Crippen molar-refractivity contribution in [3.8, 4) is 0 Å². The molecule has 0 saturated carbocycles. The van der Waals surface area contributed by atoms with E-state index in [1.807, 2.05) is 48.0 Å². The molecule has 0 bridgehead atoms. The van der Waals surface area contributed by atoms with Crippen LogP contribution in [0, 0.1) is 0 Å². The van der Waals surface area contributed by atoms with E-state index in [0.717, 1.165) is 31.0 Å². The van der Waals surface area contributed by atoms with E-state index in [2.05, 4.69) is 41.8 Å². The molecule has 124 valence electrons. The Morgan fingerprint density at radius 1 is 1.00 bits per heavy atom. The van der Waals surface area contributed by atoms with E-state index in [1.54, 1.807) is 11.6 Å². The molecule has 0 unspecified atom stereocenters. The fraction of sp³-hybridized carbons (Fsp3) is 0.125. The number of rotatable bonds is 0. The Balaban J connectivity index is 0.000000141. The topological polar surface area (TPSA) is 55.6 Å². The van der Waals surface area contributed by atoms with Gasteiger partial charge in [0.2, 0.25) is 5.28 Å². The van der Waals surface area contributed by atoms with Crippen LogP contribution in [0.25, 0.3) is 22.1 Å². The quantitative estimate of drug-likeness (QED) is 0.406. The highest BCUT2D eigenvalue weighted by atomic mass is 79.9. The van der Waals surface area contributed by atoms with Crippen molar-refractivity contribution >= 4 is 65.5 Å². The molecule has 4 aromatic rings. The van der Waals surface area contributed by atoms with Gasteiger partial charge in [-0.05, 0) is 67.7 Å². The predicted octanol–water partition coefficient (Wildman–Crippen LogP) is 4.62. The van der Waals surface area contributed by atoms with Crippen molar-refractivity contribution in [3.63, 3.8) is 0 Å². The van der Waals surface area contributed by atoms with Crippen LogP contribution in [0.3, 0.4) is 0 Å². The van der Waals surface area contributed by atoms with Crippen LogP contribution in [0.5, 0.6) is 0 Å². The number of aromatic amines is 1. The van der Waals surface area contributed by atoms with Crippen LogP contribution in [-0.4, -0.2) is 19.1 Å². The molecule has 0 saturated heterocycles. The van der Waals surface area contributed by atoms with Crippen molar-refractivity contribution in [2.45, 2.75) is 0 Å². The molecule has 2 aromatic carbocycles. The summed E-state index contributed by atoms with van der Waals surface area (Å²) in [5, 5.41) is 0.511. The first-order valence-corrected chi connectivity index (χ1v) is 8.96. The fourth-order valence-corrected chi connectivity index (χ4v) is 3.88. The minimum Gasteiger partial charge on any atom is -0.317 e. The van der Waals surface area contributed by atoms with Gasteiger partial charge in [0.25, 0.3) is 0 Å². The first-order valence-electron chi connectivity index (χ1n) is 7.00. The van der Waals surface area contributed by atoms with Crippen molar-refractivity contribution in [3.05, 3.63) is 61.1 Å². The molecule has 4 rings (SSSR count). The van der Waals surface area contributed by atoms with Crippen LogP contribution < -0.4 is 5.69 Å². The van der Waals surface area contributed by atoms with Gasteiger partial charge in [-0.3, -0.25) is 4.57 Å². The van der Waals surface area contributed by atoms with Crippen molar-refractivity contribution in [2.24, 2.45) is 14.1 Å². The SMILES string of the molecule is Cn1c(=O)[nH]c2cccc(Br)c21.Cn1c(Cl)nc2cccc(Br)c21. The Hall–Kier alpha value is -1.57. The van der Waals surface area contributed by atoms with Gasteiger partial charge < -0.3 is 9.55 Å². The van der Waals surface area contributed by atoms with E-state index in [-0.39, 0.29) is 5.69 Å². The number of imidazole rings is 2. The van der Waals surface area contributed by atoms with Crippen LogP contribution >= 0.6 is 43.5 Å². The van der Waals surface area contributed by atoms with Crippen LogP contribution in [0.15, 0.2) is 50.1 Å². The van der Waals surface area contributed by atoms with Gasteiger partial charge in [-0.1, -0.05) is 12.1 Å². The maximum Gasteiger partial charge on any atom is 0.326 e. The zero-order valence-corrected chi connectivity index (χ0v) is 16.8. The number of halogens is 3. The van der Waals surface area contributed by atoms with Gasteiger partial charge in [0, 0.05) is 23.0 Å². The number of nitrogens with one attached hydrogen (secondary N) is 1. The summed E-state index contributed by atoms with van der Waals surface area (Å²) in [6.07, 6.45) is 0. The third-order valence-corrected chi connectivity index (χ3v) is 5.28. The lowest BCUT2D eigenvalue weighted by Gasteiger charge is -1.96. The number of H-pyrrole nitrogens is 1. The first kappa shape index (κ1) is 17.3. The molecule has 0 fully saturated rings. The lowest BCUT2D eigenvalue weighted by Crippen LogP contribution is -2.11. The van der Waals surface area contributed by atoms with Crippen molar-refractivity contribution in [2.75, 3.05) is 0 Å². The fourth-order valence-electron chi connectivity index (χ4n) is 2.45. The van der Waals surface area contributed by atoms with Gasteiger partial charge in [-0.25, -0.2) is 9.78 Å².